The summed E-state index contributed by atoms with van der Waals surface area (Å²) in [5.41, 5.74) is 0. The summed E-state index contributed by atoms with van der Waals surface area (Å²) in [5.74, 6) is -0.331. The standard InChI is InChI=1S/C7H14BrN5O4S2/c1-12(2)18(14,15)5-4-9-19(16,17)7-6(8)10-11-13(7)3/h9H,4-5H2,1-3H3. The number of nitrogens with zero attached hydrogens (tertiary/aromatic N) is 4. The summed E-state index contributed by atoms with van der Waals surface area (Å²) in [6.07, 6.45) is 0. The van der Waals surface area contributed by atoms with Crippen molar-refractivity contribution < 1.29 is 16.8 Å². The van der Waals surface area contributed by atoms with Crippen LogP contribution in [0.2, 0.25) is 0 Å². The first-order valence-corrected chi connectivity index (χ1v) is 8.91. The van der Waals surface area contributed by atoms with Gasteiger partial charge in [-0.2, -0.15) is 0 Å². The summed E-state index contributed by atoms with van der Waals surface area (Å²) in [4.78, 5) is 0. The molecule has 0 spiro atoms. The summed E-state index contributed by atoms with van der Waals surface area (Å²) < 4.78 is 51.2. The summed E-state index contributed by atoms with van der Waals surface area (Å²) in [7, 11) is -3.14. The molecule has 0 bridgehead atoms. The third kappa shape index (κ3) is 3.95. The number of aromatic nitrogens is 3. The average Bonchev–Trinajstić information content (AvgIpc) is 2.58. The third-order valence-electron chi connectivity index (χ3n) is 2.20. The lowest BCUT2D eigenvalue weighted by molar-refractivity contribution is 0.519. The molecule has 1 N–H and O–H groups in total. The van der Waals surface area contributed by atoms with Gasteiger partial charge in [0.2, 0.25) is 15.0 Å². The number of hydrogen-bond acceptors (Lipinski definition) is 6. The minimum atomic E-state index is -3.87. The normalized spacial score (nSPS) is 13.1. The van der Waals surface area contributed by atoms with Crippen LogP contribution >= 0.6 is 15.9 Å². The SMILES string of the molecule is CN(C)S(=O)(=O)CCNS(=O)(=O)c1c(Br)nnn1C. The van der Waals surface area contributed by atoms with Crippen molar-refractivity contribution in [3.05, 3.63) is 4.60 Å². The van der Waals surface area contributed by atoms with Crippen LogP contribution < -0.4 is 4.72 Å². The predicted octanol–water partition coefficient (Wildman–Crippen LogP) is -1.25. The van der Waals surface area contributed by atoms with Gasteiger partial charge in [-0.15, -0.1) is 5.10 Å². The van der Waals surface area contributed by atoms with Crippen LogP contribution in [0.5, 0.6) is 0 Å². The molecule has 0 saturated carbocycles. The van der Waals surface area contributed by atoms with Crippen LogP contribution in [0.4, 0.5) is 0 Å². The molecule has 12 heteroatoms. The average molecular weight is 376 g/mol. The summed E-state index contributed by atoms with van der Waals surface area (Å²) in [5, 5.41) is 6.94. The van der Waals surface area contributed by atoms with E-state index in [4.69, 9.17) is 0 Å². The fourth-order valence-electron chi connectivity index (χ4n) is 1.16. The number of halogens is 1. The second-order valence-corrected chi connectivity index (χ2v) is 8.54. The van der Waals surface area contributed by atoms with Crippen LogP contribution in [0.1, 0.15) is 0 Å². The second kappa shape index (κ2) is 5.83. The highest BCUT2D eigenvalue weighted by Crippen LogP contribution is 2.17. The van der Waals surface area contributed by atoms with E-state index in [-0.39, 0.29) is 21.9 Å². The molecule has 0 fully saturated rings. The van der Waals surface area contributed by atoms with Crippen molar-refractivity contribution in [1.82, 2.24) is 24.0 Å². The molecule has 1 heterocycles. The zero-order valence-corrected chi connectivity index (χ0v) is 13.7. The molecule has 0 aliphatic heterocycles. The fraction of sp³-hybridized carbons (Fsp3) is 0.714. The van der Waals surface area contributed by atoms with Crippen molar-refractivity contribution in [2.45, 2.75) is 5.03 Å². The largest absolute Gasteiger partial charge is 0.260 e. The van der Waals surface area contributed by atoms with Crippen molar-refractivity contribution in [3.8, 4) is 0 Å². The van der Waals surface area contributed by atoms with Crippen LogP contribution in [-0.4, -0.2) is 62.5 Å². The first-order valence-electron chi connectivity index (χ1n) is 5.03. The van der Waals surface area contributed by atoms with Gasteiger partial charge in [0.25, 0.3) is 10.0 Å². The van der Waals surface area contributed by atoms with Gasteiger partial charge in [0.05, 0.1) is 5.75 Å². The van der Waals surface area contributed by atoms with Gasteiger partial charge < -0.3 is 0 Å². The molecule has 0 unspecified atom stereocenters. The minimum absolute atomic E-state index is 0.0676. The Morgan fingerprint density at radius 3 is 2.32 bits per heavy atom. The van der Waals surface area contributed by atoms with E-state index in [0.717, 1.165) is 8.99 Å². The maximum absolute atomic E-state index is 11.9. The van der Waals surface area contributed by atoms with Crippen molar-refractivity contribution in [2.24, 2.45) is 7.05 Å². The molecule has 0 aliphatic carbocycles. The number of aryl methyl sites for hydroxylation is 1. The second-order valence-electron chi connectivity index (χ2n) is 3.81. The molecule has 0 aromatic carbocycles. The van der Waals surface area contributed by atoms with E-state index in [1.165, 1.54) is 21.1 Å². The molecular weight excluding hydrogens is 362 g/mol. The highest BCUT2D eigenvalue weighted by atomic mass is 79.9. The van der Waals surface area contributed by atoms with Gasteiger partial charge in [-0.1, -0.05) is 5.21 Å². The molecule has 1 aromatic heterocycles. The monoisotopic (exact) mass is 375 g/mol. The topological polar surface area (TPSA) is 114 Å². The first kappa shape index (κ1) is 16.5. The molecule has 19 heavy (non-hydrogen) atoms. The smallest absolute Gasteiger partial charge is 0.235 e. The number of rotatable bonds is 6. The molecule has 1 rings (SSSR count). The summed E-state index contributed by atoms with van der Waals surface area (Å²) in [6, 6.07) is 0. The molecule has 0 aliphatic rings. The van der Waals surface area contributed by atoms with Crippen molar-refractivity contribution in [2.75, 3.05) is 26.4 Å². The number of hydrogen-bond donors (Lipinski definition) is 1. The van der Waals surface area contributed by atoms with Gasteiger partial charge in [0, 0.05) is 27.7 Å². The van der Waals surface area contributed by atoms with Gasteiger partial charge in [-0.25, -0.2) is 30.5 Å². The lowest BCUT2D eigenvalue weighted by Gasteiger charge is -2.11. The highest BCUT2D eigenvalue weighted by molar-refractivity contribution is 9.10. The van der Waals surface area contributed by atoms with E-state index in [2.05, 4.69) is 31.0 Å². The maximum atomic E-state index is 11.9. The van der Waals surface area contributed by atoms with Crippen molar-refractivity contribution in [1.29, 1.82) is 0 Å². The van der Waals surface area contributed by atoms with Crippen LogP contribution in [0.25, 0.3) is 0 Å². The Hall–Kier alpha value is -0.560. The zero-order valence-electron chi connectivity index (χ0n) is 10.5. The van der Waals surface area contributed by atoms with Crippen LogP contribution in [0, 0.1) is 0 Å². The molecular formula is C7H14BrN5O4S2. The molecule has 110 valence electrons. The molecule has 0 saturated heterocycles. The fourth-order valence-corrected chi connectivity index (χ4v) is 4.14. The lowest BCUT2D eigenvalue weighted by Crippen LogP contribution is -2.34. The minimum Gasteiger partial charge on any atom is -0.235 e. The quantitative estimate of drug-likeness (QED) is 0.664. The van der Waals surface area contributed by atoms with Gasteiger partial charge in [0.15, 0.2) is 4.60 Å². The van der Waals surface area contributed by atoms with Gasteiger partial charge in [0.1, 0.15) is 0 Å². The number of sulfonamides is 2. The van der Waals surface area contributed by atoms with Gasteiger partial charge in [-0.3, -0.25) is 0 Å². The Morgan fingerprint density at radius 2 is 1.89 bits per heavy atom. The van der Waals surface area contributed by atoms with E-state index in [1.54, 1.807) is 0 Å². The van der Waals surface area contributed by atoms with E-state index >= 15 is 0 Å². The third-order valence-corrected chi connectivity index (χ3v) is 6.38. The zero-order chi connectivity index (χ0) is 14.8. The van der Waals surface area contributed by atoms with Crippen molar-refractivity contribution in [3.63, 3.8) is 0 Å². The van der Waals surface area contributed by atoms with Gasteiger partial charge >= 0.3 is 0 Å². The summed E-state index contributed by atoms with van der Waals surface area (Å²) >= 11 is 2.97. The first-order chi connectivity index (χ1) is 8.58. The Bertz CT molecular complexity index is 632. The Kier molecular flexibility index (Phi) is 5.06. The predicted molar refractivity (Wildman–Crippen MR) is 71.4 cm³/mol. The molecule has 0 atom stereocenters. The van der Waals surface area contributed by atoms with E-state index in [0.29, 0.717) is 0 Å². The lowest BCUT2D eigenvalue weighted by atomic mass is 10.8. The number of nitrogens with one attached hydrogen (secondary N) is 1. The Balaban J connectivity index is 2.79. The molecule has 9 nitrogen and oxygen atoms in total. The summed E-state index contributed by atoms with van der Waals surface area (Å²) in [6.45, 7) is -0.236. The maximum Gasteiger partial charge on any atom is 0.260 e. The van der Waals surface area contributed by atoms with Crippen molar-refractivity contribution >= 4 is 36.0 Å². The molecule has 0 amide bonds. The van der Waals surface area contributed by atoms with Gasteiger partial charge in [-0.05, 0) is 15.9 Å². The van der Waals surface area contributed by atoms with E-state index < -0.39 is 20.0 Å². The van der Waals surface area contributed by atoms with E-state index in [1.807, 2.05) is 0 Å². The van der Waals surface area contributed by atoms with Crippen LogP contribution in [-0.2, 0) is 27.1 Å². The molecule has 1 aromatic rings. The van der Waals surface area contributed by atoms with Crippen LogP contribution in [0.15, 0.2) is 9.63 Å². The molecule has 0 radical (unpaired) electrons. The Morgan fingerprint density at radius 1 is 1.32 bits per heavy atom. The highest BCUT2D eigenvalue weighted by Gasteiger charge is 2.24. The van der Waals surface area contributed by atoms with E-state index in [9.17, 15) is 16.8 Å². The Labute approximate surface area is 120 Å². The van der Waals surface area contributed by atoms with Crippen LogP contribution in [0.3, 0.4) is 0 Å².